The highest BCUT2D eigenvalue weighted by atomic mass is 15.1. The third-order valence-corrected chi connectivity index (χ3v) is 6.45. The number of nitrogens with zero attached hydrogens (tertiary/aromatic N) is 1. The number of benzene rings is 2. The molecule has 0 saturated heterocycles. The third kappa shape index (κ3) is 2.72. The zero-order valence-corrected chi connectivity index (χ0v) is 16.4. The van der Waals surface area contributed by atoms with Crippen LogP contribution < -0.4 is 10.2 Å². The second-order valence-corrected chi connectivity index (χ2v) is 7.71. The Balaban J connectivity index is 1.70. The molecule has 1 heterocycles. The minimum absolute atomic E-state index is 0.383. The standard InChI is InChI=1S/C24H30N2/c1-5-26(6-2)19-13-11-18(12-14-19)24-21-9-7-8-20(21)22-15-10-16(3)17(4)23(22)25-24/h7-8,10-15,20-21,24-25H,5-6,9H2,1-4H3. The minimum Gasteiger partial charge on any atom is -0.377 e. The summed E-state index contributed by atoms with van der Waals surface area (Å²) < 4.78 is 0. The molecule has 1 aliphatic carbocycles. The summed E-state index contributed by atoms with van der Waals surface area (Å²) in [5.74, 6) is 1.15. The van der Waals surface area contributed by atoms with Gasteiger partial charge in [0.2, 0.25) is 0 Å². The summed E-state index contributed by atoms with van der Waals surface area (Å²) in [7, 11) is 0. The highest BCUT2D eigenvalue weighted by Crippen LogP contribution is 2.51. The van der Waals surface area contributed by atoms with Gasteiger partial charge in [-0.15, -0.1) is 0 Å². The summed E-state index contributed by atoms with van der Waals surface area (Å²) in [6.07, 6.45) is 5.96. The lowest BCUT2D eigenvalue weighted by molar-refractivity contribution is 0.425. The van der Waals surface area contributed by atoms with Gasteiger partial charge in [0, 0.05) is 30.4 Å². The lowest BCUT2D eigenvalue weighted by Gasteiger charge is -2.39. The maximum absolute atomic E-state index is 3.92. The number of aryl methyl sites for hydroxylation is 1. The summed E-state index contributed by atoms with van der Waals surface area (Å²) in [5.41, 5.74) is 8.33. The Hall–Kier alpha value is -2.22. The predicted molar refractivity (Wildman–Crippen MR) is 112 cm³/mol. The second-order valence-electron chi connectivity index (χ2n) is 7.71. The molecule has 3 atom stereocenters. The first-order valence-electron chi connectivity index (χ1n) is 10.0. The molecule has 2 nitrogen and oxygen atoms in total. The molecule has 1 N–H and O–H groups in total. The molecule has 0 amide bonds. The van der Waals surface area contributed by atoms with E-state index >= 15 is 0 Å². The minimum atomic E-state index is 0.383. The molecule has 0 bridgehead atoms. The Kier molecular flexibility index (Phi) is 4.52. The number of allylic oxidation sites excluding steroid dienone is 2. The quantitative estimate of drug-likeness (QED) is 0.685. The molecule has 4 rings (SSSR count). The lowest BCUT2D eigenvalue weighted by Crippen LogP contribution is -2.30. The van der Waals surface area contributed by atoms with Gasteiger partial charge in [-0.1, -0.05) is 36.4 Å². The van der Waals surface area contributed by atoms with Crippen molar-refractivity contribution < 1.29 is 0 Å². The Bertz CT molecular complexity index is 815. The molecule has 0 radical (unpaired) electrons. The normalized spacial score (nSPS) is 23.3. The molecular formula is C24H30N2. The van der Waals surface area contributed by atoms with Crippen LogP contribution >= 0.6 is 0 Å². The zero-order valence-electron chi connectivity index (χ0n) is 16.4. The van der Waals surface area contributed by atoms with Crippen LogP contribution in [0.25, 0.3) is 0 Å². The van der Waals surface area contributed by atoms with Crippen molar-refractivity contribution in [2.24, 2.45) is 5.92 Å². The second kappa shape index (κ2) is 6.83. The van der Waals surface area contributed by atoms with Crippen LogP contribution in [0.2, 0.25) is 0 Å². The van der Waals surface area contributed by atoms with Crippen LogP contribution in [0.1, 0.15) is 54.5 Å². The zero-order chi connectivity index (χ0) is 18.3. The number of fused-ring (bicyclic) bond motifs is 3. The average molecular weight is 347 g/mol. The lowest BCUT2D eigenvalue weighted by atomic mass is 9.76. The summed E-state index contributed by atoms with van der Waals surface area (Å²) in [6, 6.07) is 14.2. The van der Waals surface area contributed by atoms with E-state index in [1.54, 1.807) is 0 Å². The molecule has 0 saturated carbocycles. The maximum Gasteiger partial charge on any atom is 0.0554 e. The van der Waals surface area contributed by atoms with E-state index < -0.39 is 0 Å². The molecule has 136 valence electrons. The average Bonchev–Trinajstić information content (AvgIpc) is 3.16. The summed E-state index contributed by atoms with van der Waals surface area (Å²) in [4.78, 5) is 2.40. The number of anilines is 2. The fourth-order valence-corrected chi connectivity index (χ4v) is 4.73. The molecule has 3 unspecified atom stereocenters. The highest BCUT2D eigenvalue weighted by Gasteiger charge is 2.38. The number of hydrogen-bond donors (Lipinski definition) is 1. The first-order chi connectivity index (χ1) is 12.6. The van der Waals surface area contributed by atoms with Crippen LogP contribution in [-0.2, 0) is 0 Å². The Labute approximate surface area is 157 Å². The van der Waals surface area contributed by atoms with E-state index in [1.807, 2.05) is 0 Å². The first kappa shape index (κ1) is 17.2. The van der Waals surface area contributed by atoms with Crippen molar-refractivity contribution >= 4 is 11.4 Å². The fourth-order valence-electron chi connectivity index (χ4n) is 4.73. The number of rotatable bonds is 4. The molecule has 0 fully saturated rings. The van der Waals surface area contributed by atoms with Crippen molar-refractivity contribution in [1.29, 1.82) is 0 Å². The number of hydrogen-bond acceptors (Lipinski definition) is 2. The largest absolute Gasteiger partial charge is 0.377 e. The Morgan fingerprint density at radius 1 is 1.00 bits per heavy atom. The van der Waals surface area contributed by atoms with E-state index in [9.17, 15) is 0 Å². The smallest absolute Gasteiger partial charge is 0.0554 e. The Morgan fingerprint density at radius 2 is 1.73 bits per heavy atom. The molecular weight excluding hydrogens is 316 g/mol. The van der Waals surface area contributed by atoms with Gasteiger partial charge in [0.15, 0.2) is 0 Å². The van der Waals surface area contributed by atoms with Gasteiger partial charge in [0.1, 0.15) is 0 Å². The molecule has 2 aromatic carbocycles. The molecule has 0 aromatic heterocycles. The van der Waals surface area contributed by atoms with Gasteiger partial charge in [-0.05, 0) is 74.4 Å². The van der Waals surface area contributed by atoms with Gasteiger partial charge in [-0.2, -0.15) is 0 Å². The van der Waals surface area contributed by atoms with Crippen LogP contribution in [0, 0.1) is 19.8 Å². The van der Waals surface area contributed by atoms with E-state index in [4.69, 9.17) is 0 Å². The van der Waals surface area contributed by atoms with Crippen molar-refractivity contribution in [3.05, 3.63) is 70.8 Å². The van der Waals surface area contributed by atoms with Crippen molar-refractivity contribution in [3.8, 4) is 0 Å². The topological polar surface area (TPSA) is 15.3 Å². The maximum atomic E-state index is 3.92. The van der Waals surface area contributed by atoms with Gasteiger partial charge in [0.25, 0.3) is 0 Å². The van der Waals surface area contributed by atoms with Crippen molar-refractivity contribution in [2.45, 2.75) is 46.1 Å². The van der Waals surface area contributed by atoms with E-state index in [0.29, 0.717) is 17.9 Å². The highest BCUT2D eigenvalue weighted by molar-refractivity contribution is 5.66. The van der Waals surface area contributed by atoms with Crippen molar-refractivity contribution in [1.82, 2.24) is 0 Å². The predicted octanol–water partition coefficient (Wildman–Crippen LogP) is 5.98. The summed E-state index contributed by atoms with van der Waals surface area (Å²) >= 11 is 0. The van der Waals surface area contributed by atoms with Gasteiger partial charge in [0.05, 0.1) is 6.04 Å². The van der Waals surface area contributed by atoms with Crippen LogP contribution in [0.3, 0.4) is 0 Å². The molecule has 2 heteroatoms. The van der Waals surface area contributed by atoms with Crippen LogP contribution in [0.5, 0.6) is 0 Å². The van der Waals surface area contributed by atoms with Crippen LogP contribution in [0.4, 0.5) is 11.4 Å². The molecule has 2 aliphatic rings. The Morgan fingerprint density at radius 3 is 2.42 bits per heavy atom. The SMILES string of the molecule is CCN(CC)c1ccc(C2Nc3c(ccc(C)c3C)C3C=CCC32)cc1. The van der Waals surface area contributed by atoms with Gasteiger partial charge in [-0.3, -0.25) is 0 Å². The molecule has 0 spiro atoms. The van der Waals surface area contributed by atoms with E-state index in [-0.39, 0.29) is 0 Å². The van der Waals surface area contributed by atoms with Gasteiger partial charge in [-0.25, -0.2) is 0 Å². The van der Waals surface area contributed by atoms with Crippen molar-refractivity contribution in [3.63, 3.8) is 0 Å². The van der Waals surface area contributed by atoms with E-state index in [1.165, 1.54) is 33.6 Å². The molecule has 26 heavy (non-hydrogen) atoms. The monoisotopic (exact) mass is 346 g/mol. The summed E-state index contributed by atoms with van der Waals surface area (Å²) in [5, 5.41) is 3.92. The first-order valence-corrected chi connectivity index (χ1v) is 10.0. The number of nitrogens with one attached hydrogen (secondary N) is 1. The summed E-state index contributed by atoms with van der Waals surface area (Å²) in [6.45, 7) is 11.0. The third-order valence-electron chi connectivity index (χ3n) is 6.45. The van der Waals surface area contributed by atoms with Gasteiger partial charge < -0.3 is 10.2 Å². The molecule has 1 aliphatic heterocycles. The van der Waals surface area contributed by atoms with Crippen molar-refractivity contribution in [2.75, 3.05) is 23.3 Å². The van der Waals surface area contributed by atoms with Crippen LogP contribution in [-0.4, -0.2) is 13.1 Å². The van der Waals surface area contributed by atoms with E-state index in [0.717, 1.165) is 19.5 Å². The van der Waals surface area contributed by atoms with Crippen LogP contribution in [0.15, 0.2) is 48.6 Å². The fraction of sp³-hybridized carbons (Fsp3) is 0.417. The molecule has 2 aromatic rings. The van der Waals surface area contributed by atoms with E-state index in [2.05, 4.69) is 86.5 Å². The van der Waals surface area contributed by atoms with Gasteiger partial charge >= 0.3 is 0 Å².